The molecule has 0 fully saturated rings. The Labute approximate surface area is 186 Å². The molecule has 0 unspecified atom stereocenters. The molecule has 0 aliphatic carbocycles. The van der Waals surface area contributed by atoms with E-state index in [1.807, 2.05) is 30.3 Å². The molecule has 0 bridgehead atoms. The first-order valence-corrected chi connectivity index (χ1v) is 10.00. The van der Waals surface area contributed by atoms with Crippen LogP contribution >= 0.6 is 58.2 Å². The van der Waals surface area contributed by atoms with Crippen molar-refractivity contribution in [2.75, 3.05) is 0 Å². The van der Waals surface area contributed by atoms with Crippen LogP contribution < -0.4 is 4.74 Å². The predicted octanol–water partition coefficient (Wildman–Crippen LogP) is 7.99. The van der Waals surface area contributed by atoms with Gasteiger partial charge < -0.3 is 4.74 Å². The molecule has 0 aromatic heterocycles. The maximum Gasteiger partial charge on any atom is 0.147 e. The standard InChI is InChI=1S/C20H8Cl4N2OS/c21-13-4-1-2-7-17(13)28-18-8-16(11(9-25)12(10-26)19(18)23)27-15-6-3-5-14(22)20(15)24/h1-8H. The third-order valence-corrected chi connectivity index (χ3v) is 6.48. The Balaban J connectivity index is 2.14. The molecule has 28 heavy (non-hydrogen) atoms. The first-order chi connectivity index (χ1) is 13.5. The van der Waals surface area contributed by atoms with Crippen molar-refractivity contribution in [2.45, 2.75) is 9.79 Å². The average molecular weight is 466 g/mol. The number of ether oxygens (including phenoxy) is 1. The monoisotopic (exact) mass is 464 g/mol. The molecule has 3 aromatic carbocycles. The number of hydrogen-bond donors (Lipinski definition) is 0. The number of nitriles is 2. The molecule has 0 radical (unpaired) electrons. The van der Waals surface area contributed by atoms with Gasteiger partial charge in [0, 0.05) is 9.79 Å². The third-order valence-electron chi connectivity index (χ3n) is 3.61. The fourth-order valence-electron chi connectivity index (χ4n) is 2.31. The smallest absolute Gasteiger partial charge is 0.147 e. The summed E-state index contributed by atoms with van der Waals surface area (Å²) in [5.74, 6) is 0.396. The van der Waals surface area contributed by atoms with E-state index in [2.05, 4.69) is 0 Å². The summed E-state index contributed by atoms with van der Waals surface area (Å²) in [6.45, 7) is 0. The minimum absolute atomic E-state index is 0.00653. The normalized spacial score (nSPS) is 10.2. The second kappa shape index (κ2) is 8.97. The molecule has 0 saturated heterocycles. The van der Waals surface area contributed by atoms with Crippen molar-refractivity contribution >= 4 is 58.2 Å². The highest BCUT2D eigenvalue weighted by Crippen LogP contribution is 2.44. The summed E-state index contributed by atoms with van der Waals surface area (Å²) in [4.78, 5) is 1.25. The molecule has 0 atom stereocenters. The van der Waals surface area contributed by atoms with E-state index in [-0.39, 0.29) is 32.7 Å². The Bertz CT molecular complexity index is 1150. The number of nitrogens with zero attached hydrogens (tertiary/aromatic N) is 2. The van der Waals surface area contributed by atoms with Gasteiger partial charge in [-0.05, 0) is 30.3 Å². The Morgan fingerprint density at radius 2 is 1.39 bits per heavy atom. The van der Waals surface area contributed by atoms with Gasteiger partial charge in [0.1, 0.15) is 34.2 Å². The first kappa shape index (κ1) is 20.7. The lowest BCUT2D eigenvalue weighted by molar-refractivity contribution is 0.480. The second-order valence-corrected chi connectivity index (χ2v) is 8.00. The summed E-state index contributed by atoms with van der Waals surface area (Å²) in [5.41, 5.74) is 0.0152. The number of hydrogen-bond acceptors (Lipinski definition) is 4. The summed E-state index contributed by atoms with van der Waals surface area (Å²) < 4.78 is 5.82. The molecule has 0 spiro atoms. The Morgan fingerprint density at radius 1 is 0.714 bits per heavy atom. The van der Waals surface area contributed by atoms with E-state index in [1.165, 1.54) is 11.8 Å². The number of benzene rings is 3. The van der Waals surface area contributed by atoms with E-state index < -0.39 is 0 Å². The minimum Gasteiger partial charge on any atom is -0.454 e. The van der Waals surface area contributed by atoms with Crippen LogP contribution in [-0.4, -0.2) is 0 Å². The minimum atomic E-state index is 0.00653. The summed E-state index contributed by atoms with van der Waals surface area (Å²) >= 11 is 26.1. The lowest BCUT2D eigenvalue weighted by Gasteiger charge is -2.14. The largest absolute Gasteiger partial charge is 0.454 e. The van der Waals surface area contributed by atoms with E-state index in [9.17, 15) is 10.5 Å². The zero-order valence-electron chi connectivity index (χ0n) is 13.8. The Hall–Kier alpha value is -2.05. The molecule has 138 valence electrons. The molecule has 3 rings (SSSR count). The van der Waals surface area contributed by atoms with Gasteiger partial charge in [0.05, 0.1) is 20.6 Å². The van der Waals surface area contributed by atoms with E-state index in [0.29, 0.717) is 14.9 Å². The van der Waals surface area contributed by atoms with Gasteiger partial charge in [-0.3, -0.25) is 0 Å². The lowest BCUT2D eigenvalue weighted by atomic mass is 10.1. The molecular formula is C20H8Cl4N2OS. The van der Waals surface area contributed by atoms with Gasteiger partial charge >= 0.3 is 0 Å². The average Bonchev–Trinajstić information content (AvgIpc) is 2.69. The summed E-state index contributed by atoms with van der Waals surface area (Å²) in [6.07, 6.45) is 0. The summed E-state index contributed by atoms with van der Waals surface area (Å²) in [6, 6.07) is 17.6. The quantitative estimate of drug-likeness (QED) is 0.391. The van der Waals surface area contributed by atoms with Gasteiger partial charge in [-0.15, -0.1) is 0 Å². The predicted molar refractivity (Wildman–Crippen MR) is 113 cm³/mol. The van der Waals surface area contributed by atoms with Crippen molar-refractivity contribution in [2.24, 2.45) is 0 Å². The van der Waals surface area contributed by atoms with Crippen LogP contribution in [0.2, 0.25) is 20.1 Å². The molecule has 0 N–H and O–H groups in total. The molecule has 0 saturated carbocycles. The van der Waals surface area contributed by atoms with E-state index in [1.54, 1.807) is 30.3 Å². The maximum atomic E-state index is 9.55. The third kappa shape index (κ3) is 4.18. The van der Waals surface area contributed by atoms with Crippen LogP contribution in [0.25, 0.3) is 0 Å². The highest BCUT2D eigenvalue weighted by atomic mass is 35.5. The summed E-state index contributed by atoms with van der Waals surface area (Å²) in [5, 5.41) is 20.3. The Morgan fingerprint density at radius 3 is 2.07 bits per heavy atom. The van der Waals surface area contributed by atoms with Gasteiger partial charge in [0.2, 0.25) is 0 Å². The van der Waals surface area contributed by atoms with Crippen molar-refractivity contribution in [1.29, 1.82) is 10.5 Å². The van der Waals surface area contributed by atoms with Crippen molar-refractivity contribution in [3.8, 4) is 23.6 Å². The van der Waals surface area contributed by atoms with Crippen LogP contribution in [-0.2, 0) is 0 Å². The molecule has 8 heteroatoms. The van der Waals surface area contributed by atoms with Gasteiger partial charge in [0.25, 0.3) is 0 Å². The zero-order chi connectivity index (χ0) is 20.3. The van der Waals surface area contributed by atoms with Crippen LogP contribution in [0.4, 0.5) is 0 Å². The van der Waals surface area contributed by atoms with Crippen LogP contribution in [0.5, 0.6) is 11.5 Å². The molecule has 0 aliphatic rings. The van der Waals surface area contributed by atoms with Crippen molar-refractivity contribution in [3.63, 3.8) is 0 Å². The van der Waals surface area contributed by atoms with Gasteiger partial charge in [-0.25, -0.2) is 0 Å². The van der Waals surface area contributed by atoms with E-state index in [4.69, 9.17) is 51.1 Å². The van der Waals surface area contributed by atoms with E-state index in [0.717, 1.165) is 4.90 Å². The van der Waals surface area contributed by atoms with Crippen molar-refractivity contribution in [1.82, 2.24) is 0 Å². The maximum absolute atomic E-state index is 9.55. The van der Waals surface area contributed by atoms with Crippen LogP contribution in [0.15, 0.2) is 58.3 Å². The van der Waals surface area contributed by atoms with Crippen molar-refractivity contribution in [3.05, 3.63) is 79.7 Å². The highest BCUT2D eigenvalue weighted by molar-refractivity contribution is 7.99. The summed E-state index contributed by atoms with van der Waals surface area (Å²) in [7, 11) is 0. The molecule has 0 aliphatic heterocycles. The van der Waals surface area contributed by atoms with Gasteiger partial charge in [-0.2, -0.15) is 10.5 Å². The SMILES string of the molecule is N#Cc1c(Oc2cccc(Cl)c2Cl)cc(Sc2ccccc2Cl)c(Cl)c1C#N. The lowest BCUT2D eigenvalue weighted by Crippen LogP contribution is -1.96. The number of rotatable bonds is 4. The Kier molecular flexibility index (Phi) is 6.62. The topological polar surface area (TPSA) is 56.8 Å². The van der Waals surface area contributed by atoms with Crippen LogP contribution in [0, 0.1) is 22.7 Å². The number of halogens is 4. The molecule has 3 nitrogen and oxygen atoms in total. The zero-order valence-corrected chi connectivity index (χ0v) is 17.7. The highest BCUT2D eigenvalue weighted by Gasteiger charge is 2.21. The molecule has 0 heterocycles. The molecule has 3 aromatic rings. The second-order valence-electron chi connectivity index (χ2n) is 5.35. The fourth-order valence-corrected chi connectivity index (χ4v) is 4.10. The first-order valence-electron chi connectivity index (χ1n) is 7.67. The van der Waals surface area contributed by atoms with Crippen molar-refractivity contribution < 1.29 is 4.74 Å². The van der Waals surface area contributed by atoms with Gasteiger partial charge in [-0.1, -0.05) is 76.4 Å². The van der Waals surface area contributed by atoms with E-state index >= 15 is 0 Å². The van der Waals surface area contributed by atoms with Crippen LogP contribution in [0.3, 0.4) is 0 Å². The fraction of sp³-hybridized carbons (Fsp3) is 0. The van der Waals surface area contributed by atoms with Gasteiger partial charge in [0.15, 0.2) is 0 Å². The molecular weight excluding hydrogens is 458 g/mol. The van der Waals surface area contributed by atoms with Crippen LogP contribution in [0.1, 0.15) is 11.1 Å². The molecule has 0 amide bonds.